The number of hydrogen-bond donors (Lipinski definition) is 0. The van der Waals surface area contributed by atoms with E-state index in [2.05, 4.69) is 68.2 Å². The molecule has 0 nitrogen and oxygen atoms in total. The average Bonchev–Trinajstić information content (AvgIpc) is 2.38. The maximum absolute atomic E-state index is 2.24. The molecule has 2 rings (SSSR count). The van der Waals surface area contributed by atoms with Crippen LogP contribution in [0.25, 0.3) is 0 Å². The van der Waals surface area contributed by atoms with E-state index in [1.54, 1.807) is 0 Å². The van der Waals surface area contributed by atoms with Crippen LogP contribution in [0.1, 0.15) is 13.0 Å². The lowest BCUT2D eigenvalue weighted by Gasteiger charge is -2.05. The fourth-order valence-corrected chi connectivity index (χ4v) is 2.56. The highest BCUT2D eigenvalue weighted by Gasteiger charge is 2.02. The molecule has 0 heterocycles. The van der Waals surface area contributed by atoms with E-state index < -0.39 is 0 Å². The van der Waals surface area contributed by atoms with Gasteiger partial charge in [-0.2, -0.15) is 0 Å². The zero-order chi connectivity index (χ0) is 12.1. The van der Waals surface area contributed by atoms with Crippen LogP contribution >= 0.6 is 11.8 Å². The zero-order valence-electron chi connectivity index (χ0n) is 10.4. The second kappa shape index (κ2) is 7.32. The highest BCUT2D eigenvalue weighted by Crippen LogP contribution is 2.21. The van der Waals surface area contributed by atoms with E-state index in [-0.39, 0.29) is 7.43 Å². The van der Waals surface area contributed by atoms with Gasteiger partial charge in [0.05, 0.1) is 0 Å². The predicted octanol–water partition coefficient (Wildman–Crippen LogP) is 4.58. The molecule has 18 heavy (non-hydrogen) atoms. The third-order valence-corrected chi connectivity index (χ3v) is 3.88. The molecule has 0 aliphatic carbocycles. The van der Waals surface area contributed by atoms with E-state index >= 15 is 0 Å². The van der Waals surface area contributed by atoms with Crippen molar-refractivity contribution in [3.63, 3.8) is 0 Å². The van der Waals surface area contributed by atoms with Gasteiger partial charge >= 0.3 is 0 Å². The van der Waals surface area contributed by atoms with Gasteiger partial charge < -0.3 is 0 Å². The minimum atomic E-state index is 0. The summed E-state index contributed by atoms with van der Waals surface area (Å²) in [5.41, 5.74) is 2.81. The molecule has 0 saturated heterocycles. The monoisotopic (exact) mass is 256 g/mol. The van der Waals surface area contributed by atoms with Crippen molar-refractivity contribution in [1.29, 1.82) is 0 Å². The second-order valence-corrected chi connectivity index (χ2v) is 5.55. The van der Waals surface area contributed by atoms with Crippen LogP contribution in [0.5, 0.6) is 0 Å². The lowest BCUT2D eigenvalue weighted by Crippen LogP contribution is -2.21. The Kier molecular flexibility index (Phi) is 6.07. The Balaban J connectivity index is 0.00000162. The zero-order valence-corrected chi connectivity index (χ0v) is 11.2. The molecule has 0 spiro atoms. The normalized spacial score (nSPS) is 9.67. The van der Waals surface area contributed by atoms with Crippen LogP contribution in [0.15, 0.2) is 59.5 Å². The molecule has 0 aromatic heterocycles. The highest BCUT2D eigenvalue weighted by molar-refractivity contribution is 7.98. The summed E-state index contributed by atoms with van der Waals surface area (Å²) in [6.07, 6.45) is 0. The van der Waals surface area contributed by atoms with Gasteiger partial charge in [-0.05, 0) is 17.7 Å². The summed E-state index contributed by atoms with van der Waals surface area (Å²) in [6, 6.07) is 19.5. The molecule has 94 valence electrons. The highest BCUT2D eigenvalue weighted by atomic mass is 32.2. The molecule has 2 aromatic carbocycles. The third kappa shape index (κ3) is 4.27. The summed E-state index contributed by atoms with van der Waals surface area (Å²) in [4.78, 5) is 1.33. The lowest BCUT2D eigenvalue weighted by atomic mass is 9.49. The summed E-state index contributed by atoms with van der Waals surface area (Å²) in [6.45, 7) is 5.08. The topological polar surface area (TPSA) is 0 Å². The van der Waals surface area contributed by atoms with Crippen LogP contribution in [0.2, 0.25) is 13.6 Å². The van der Waals surface area contributed by atoms with E-state index in [0.29, 0.717) is 6.71 Å². The van der Waals surface area contributed by atoms with Crippen molar-refractivity contribution >= 4 is 23.9 Å². The van der Waals surface area contributed by atoms with E-state index in [1.165, 1.54) is 15.9 Å². The van der Waals surface area contributed by atoms with Gasteiger partial charge in [0.1, 0.15) is 0 Å². The van der Waals surface area contributed by atoms with Crippen molar-refractivity contribution in [2.45, 2.75) is 31.7 Å². The Morgan fingerprint density at radius 3 is 2.06 bits per heavy atom. The van der Waals surface area contributed by atoms with Gasteiger partial charge in [0.25, 0.3) is 0 Å². The maximum atomic E-state index is 2.24. The van der Waals surface area contributed by atoms with Crippen molar-refractivity contribution < 1.29 is 0 Å². The van der Waals surface area contributed by atoms with Crippen molar-refractivity contribution in [1.82, 2.24) is 0 Å². The molecule has 0 saturated carbocycles. The summed E-state index contributed by atoms with van der Waals surface area (Å²) in [5.74, 6) is 1.04. The number of thioether (sulfide) groups is 1. The number of rotatable bonds is 4. The van der Waals surface area contributed by atoms with Gasteiger partial charge in [0, 0.05) is 10.6 Å². The first-order valence-electron chi connectivity index (χ1n) is 6.02. The maximum Gasteiger partial charge on any atom is 0.169 e. The summed E-state index contributed by atoms with van der Waals surface area (Å²) < 4.78 is 0. The Morgan fingerprint density at radius 2 is 1.50 bits per heavy atom. The van der Waals surface area contributed by atoms with E-state index in [9.17, 15) is 0 Å². The van der Waals surface area contributed by atoms with E-state index in [0.717, 1.165) is 5.75 Å². The van der Waals surface area contributed by atoms with Gasteiger partial charge in [0.2, 0.25) is 0 Å². The standard InChI is InChI=1S/C15H17BS.CH4/c1-16(2)14-10-8-13(9-11-14)12-17-15-6-4-3-5-7-15;/h3-11H,12H2,1-2H3;1H4. The molecule has 0 atom stereocenters. The molecule has 2 heteroatoms. The largest absolute Gasteiger partial charge is 0.169 e. The average molecular weight is 256 g/mol. The van der Waals surface area contributed by atoms with Crippen LogP contribution in [-0.4, -0.2) is 6.71 Å². The number of hydrogen-bond acceptors (Lipinski definition) is 1. The fraction of sp³-hybridized carbons (Fsp3) is 0.250. The molecular weight excluding hydrogens is 235 g/mol. The Labute approximate surface area is 116 Å². The van der Waals surface area contributed by atoms with Gasteiger partial charge in [-0.1, -0.05) is 69.0 Å². The molecule has 2 aromatic rings. The molecule has 0 unspecified atom stereocenters. The summed E-state index contributed by atoms with van der Waals surface area (Å²) >= 11 is 1.89. The molecule has 0 aliphatic rings. The van der Waals surface area contributed by atoms with Gasteiger partial charge in [-0.15, -0.1) is 11.8 Å². The first kappa shape index (κ1) is 14.9. The minimum Gasteiger partial charge on any atom is -0.121 e. The first-order chi connectivity index (χ1) is 8.25. The predicted molar refractivity (Wildman–Crippen MR) is 86.3 cm³/mol. The summed E-state index contributed by atoms with van der Waals surface area (Å²) in [5, 5.41) is 0. The molecule has 0 N–H and O–H groups in total. The quantitative estimate of drug-likeness (QED) is 0.570. The van der Waals surface area contributed by atoms with Crippen molar-refractivity contribution in [3.8, 4) is 0 Å². The smallest absolute Gasteiger partial charge is 0.121 e. The Hall–Kier alpha value is -1.15. The first-order valence-corrected chi connectivity index (χ1v) is 7.01. The Morgan fingerprint density at radius 1 is 0.889 bits per heavy atom. The molecule has 0 bridgehead atoms. The molecule has 0 amide bonds. The van der Waals surface area contributed by atoms with Gasteiger partial charge in [-0.3, -0.25) is 0 Å². The van der Waals surface area contributed by atoms with Crippen LogP contribution in [0.4, 0.5) is 0 Å². The van der Waals surface area contributed by atoms with Crippen molar-refractivity contribution in [2.75, 3.05) is 0 Å². The third-order valence-electron chi connectivity index (χ3n) is 2.80. The number of benzene rings is 2. The molecule has 0 aliphatic heterocycles. The minimum absolute atomic E-state index is 0. The van der Waals surface area contributed by atoms with Gasteiger partial charge in [-0.25, -0.2) is 0 Å². The SMILES string of the molecule is C.CB(C)c1ccc(CSc2ccccc2)cc1. The van der Waals surface area contributed by atoms with Crippen LogP contribution in [0, 0.1) is 0 Å². The second-order valence-electron chi connectivity index (χ2n) is 4.50. The van der Waals surface area contributed by atoms with Crippen LogP contribution in [0.3, 0.4) is 0 Å². The summed E-state index contributed by atoms with van der Waals surface area (Å²) in [7, 11) is 0. The molecule has 0 radical (unpaired) electrons. The van der Waals surface area contributed by atoms with E-state index in [1.807, 2.05) is 11.8 Å². The van der Waals surface area contributed by atoms with Crippen molar-refractivity contribution in [2.24, 2.45) is 0 Å². The van der Waals surface area contributed by atoms with Gasteiger partial charge in [0.15, 0.2) is 6.71 Å². The van der Waals surface area contributed by atoms with Crippen LogP contribution in [-0.2, 0) is 5.75 Å². The van der Waals surface area contributed by atoms with Crippen LogP contribution < -0.4 is 5.46 Å². The van der Waals surface area contributed by atoms with E-state index in [4.69, 9.17) is 0 Å². The van der Waals surface area contributed by atoms with Crippen molar-refractivity contribution in [3.05, 3.63) is 60.2 Å². The molecule has 0 fully saturated rings. The fourth-order valence-electron chi connectivity index (χ4n) is 1.68. The molecular formula is C16H21BS. The lowest BCUT2D eigenvalue weighted by molar-refractivity contribution is 1.39. The Bertz CT molecular complexity index is 448.